The molecule has 1 aliphatic carbocycles. The number of aromatic nitrogens is 1. The summed E-state index contributed by atoms with van der Waals surface area (Å²) in [4.78, 5) is 20.2. The van der Waals surface area contributed by atoms with Crippen LogP contribution in [-0.4, -0.2) is 15.8 Å². The van der Waals surface area contributed by atoms with Gasteiger partial charge in [0.15, 0.2) is 0 Å². The Morgan fingerprint density at radius 1 is 1.06 bits per heavy atom. The molecule has 0 spiro atoms. The molecule has 0 radical (unpaired) electrons. The average Bonchev–Trinajstić information content (AvgIpc) is 3.61. The number of benzene rings is 2. The van der Waals surface area contributed by atoms with Gasteiger partial charge in [-0.25, -0.2) is 0 Å². The number of pyridine rings is 1. The molecule has 5 heteroatoms. The highest BCUT2D eigenvalue weighted by molar-refractivity contribution is 14.1. The maximum absolute atomic E-state index is 13.7. The van der Waals surface area contributed by atoms with Crippen LogP contribution in [0.2, 0.25) is 5.02 Å². The molecule has 1 fully saturated rings. The number of halogens is 2. The topological polar surface area (TPSA) is 33.2 Å². The molecule has 4 rings (SSSR count). The highest BCUT2D eigenvalue weighted by Gasteiger charge is 2.38. The first kappa shape index (κ1) is 22.3. The van der Waals surface area contributed by atoms with Gasteiger partial charge < -0.3 is 4.90 Å². The molecule has 2 aromatic carbocycles. The van der Waals surface area contributed by atoms with E-state index < -0.39 is 0 Å². The minimum Gasteiger partial charge on any atom is -0.329 e. The van der Waals surface area contributed by atoms with Crippen molar-refractivity contribution in [3.8, 4) is 0 Å². The molecule has 0 bridgehead atoms. The Hall–Kier alpha value is -1.92. The van der Waals surface area contributed by atoms with Crippen molar-refractivity contribution in [2.45, 2.75) is 44.7 Å². The smallest absolute Gasteiger partial charge is 0.224 e. The molecule has 1 aliphatic rings. The van der Waals surface area contributed by atoms with Crippen molar-refractivity contribution in [2.75, 3.05) is 0 Å². The second-order valence-electron chi connectivity index (χ2n) is 8.33. The van der Waals surface area contributed by atoms with Gasteiger partial charge in [-0.15, -0.1) is 0 Å². The van der Waals surface area contributed by atoms with Gasteiger partial charge in [-0.05, 0) is 94.8 Å². The van der Waals surface area contributed by atoms with Crippen LogP contribution in [-0.2, 0) is 11.3 Å². The molecular weight excluding hydrogens is 519 g/mol. The van der Waals surface area contributed by atoms with Crippen molar-refractivity contribution in [1.29, 1.82) is 0 Å². The Balaban J connectivity index is 1.61. The first-order chi connectivity index (χ1) is 15.0. The molecule has 1 heterocycles. The van der Waals surface area contributed by atoms with Crippen LogP contribution in [0.4, 0.5) is 0 Å². The Kier molecular flexibility index (Phi) is 7.28. The largest absolute Gasteiger partial charge is 0.329 e. The Morgan fingerprint density at radius 3 is 2.35 bits per heavy atom. The van der Waals surface area contributed by atoms with Gasteiger partial charge >= 0.3 is 0 Å². The number of hydrogen-bond donors (Lipinski definition) is 0. The lowest BCUT2D eigenvalue weighted by Crippen LogP contribution is -2.36. The minimum absolute atomic E-state index is 0.0516. The molecule has 3 aromatic rings. The van der Waals surface area contributed by atoms with E-state index in [2.05, 4.69) is 70.9 Å². The third-order valence-corrected chi connectivity index (χ3v) is 6.89. The van der Waals surface area contributed by atoms with E-state index in [1.807, 2.05) is 35.2 Å². The fraction of sp³-hybridized carbons (Fsp3) is 0.308. The summed E-state index contributed by atoms with van der Waals surface area (Å²) in [6.07, 6.45) is 4.56. The van der Waals surface area contributed by atoms with E-state index in [-0.39, 0.29) is 17.9 Å². The third-order valence-electron chi connectivity index (χ3n) is 5.91. The number of amides is 1. The molecule has 160 valence electrons. The first-order valence-electron chi connectivity index (χ1n) is 10.7. The molecule has 0 N–H and O–H groups in total. The number of carbonyl (C=O) groups excluding carboxylic acids is 1. The maximum atomic E-state index is 13.7. The normalized spacial score (nSPS) is 15.3. The van der Waals surface area contributed by atoms with E-state index in [1.54, 1.807) is 6.20 Å². The van der Waals surface area contributed by atoms with Crippen LogP contribution in [0.3, 0.4) is 0 Å². The zero-order valence-electron chi connectivity index (χ0n) is 17.5. The Morgan fingerprint density at radius 2 is 1.74 bits per heavy atom. The SMILES string of the molecule is C[C@H](CC(=O)N(Cc1ccccn1)C(c1ccc(Cl)cc1)C1CC1)c1ccc(I)cc1. The van der Waals surface area contributed by atoms with Crippen molar-refractivity contribution in [3.63, 3.8) is 0 Å². The van der Waals surface area contributed by atoms with Gasteiger partial charge in [0.25, 0.3) is 0 Å². The van der Waals surface area contributed by atoms with E-state index in [9.17, 15) is 4.79 Å². The summed E-state index contributed by atoms with van der Waals surface area (Å²) in [5.41, 5.74) is 3.26. The predicted octanol–water partition coefficient (Wildman–Crippen LogP) is 7.01. The van der Waals surface area contributed by atoms with Gasteiger partial charge in [0.05, 0.1) is 18.3 Å². The van der Waals surface area contributed by atoms with E-state index in [0.29, 0.717) is 23.9 Å². The van der Waals surface area contributed by atoms with Gasteiger partial charge in [-0.3, -0.25) is 9.78 Å². The zero-order valence-corrected chi connectivity index (χ0v) is 20.5. The van der Waals surface area contributed by atoms with Crippen LogP contribution in [0.1, 0.15) is 55.0 Å². The molecule has 0 aliphatic heterocycles. The fourth-order valence-electron chi connectivity index (χ4n) is 4.07. The van der Waals surface area contributed by atoms with Gasteiger partial charge in [0.1, 0.15) is 0 Å². The van der Waals surface area contributed by atoms with Crippen molar-refractivity contribution in [1.82, 2.24) is 9.88 Å². The summed E-state index contributed by atoms with van der Waals surface area (Å²) in [5, 5.41) is 0.716. The van der Waals surface area contributed by atoms with Crippen molar-refractivity contribution >= 4 is 40.1 Å². The molecule has 1 unspecified atom stereocenters. The van der Waals surface area contributed by atoms with Crippen molar-refractivity contribution < 1.29 is 4.79 Å². The van der Waals surface area contributed by atoms with Gasteiger partial charge in [-0.1, -0.05) is 48.9 Å². The minimum atomic E-state index is 0.0516. The molecule has 3 nitrogen and oxygen atoms in total. The van der Waals surface area contributed by atoms with E-state index >= 15 is 0 Å². The third kappa shape index (κ3) is 5.86. The van der Waals surface area contributed by atoms with E-state index in [4.69, 9.17) is 11.6 Å². The summed E-state index contributed by atoms with van der Waals surface area (Å²) < 4.78 is 1.20. The molecule has 31 heavy (non-hydrogen) atoms. The van der Waals surface area contributed by atoms with Crippen molar-refractivity contribution in [2.24, 2.45) is 5.92 Å². The zero-order chi connectivity index (χ0) is 21.8. The van der Waals surface area contributed by atoms with Gasteiger partial charge in [0, 0.05) is 21.2 Å². The maximum Gasteiger partial charge on any atom is 0.224 e. The molecular formula is C26H26ClIN2O. The van der Waals surface area contributed by atoms with Crippen LogP contribution >= 0.6 is 34.2 Å². The van der Waals surface area contributed by atoms with Crippen LogP contribution in [0.25, 0.3) is 0 Å². The van der Waals surface area contributed by atoms with Gasteiger partial charge in [0.2, 0.25) is 5.91 Å². The van der Waals surface area contributed by atoms with Crippen LogP contribution in [0.5, 0.6) is 0 Å². The lowest BCUT2D eigenvalue weighted by Gasteiger charge is -2.33. The lowest BCUT2D eigenvalue weighted by atomic mass is 9.95. The summed E-state index contributed by atoms with van der Waals surface area (Å²) in [6, 6.07) is 22.4. The summed E-state index contributed by atoms with van der Waals surface area (Å²) in [5.74, 6) is 0.812. The summed E-state index contributed by atoms with van der Waals surface area (Å²) >= 11 is 8.45. The van der Waals surface area contributed by atoms with Crippen LogP contribution in [0.15, 0.2) is 72.9 Å². The Bertz CT molecular complexity index is 1000. The second-order valence-corrected chi connectivity index (χ2v) is 10.0. The second kappa shape index (κ2) is 10.1. The molecule has 1 amide bonds. The number of nitrogens with zero attached hydrogens (tertiary/aromatic N) is 2. The van der Waals surface area contributed by atoms with E-state index in [0.717, 1.165) is 24.1 Å². The fourth-order valence-corrected chi connectivity index (χ4v) is 4.56. The quantitative estimate of drug-likeness (QED) is 0.286. The number of rotatable bonds is 8. The van der Waals surface area contributed by atoms with Crippen molar-refractivity contribution in [3.05, 3.63) is 98.3 Å². The number of carbonyl (C=O) groups is 1. The Labute approximate surface area is 203 Å². The molecule has 0 saturated heterocycles. The van der Waals surface area contributed by atoms with Crippen LogP contribution < -0.4 is 0 Å². The highest BCUT2D eigenvalue weighted by Crippen LogP contribution is 2.45. The molecule has 2 atom stereocenters. The molecule has 1 saturated carbocycles. The highest BCUT2D eigenvalue weighted by atomic mass is 127. The first-order valence-corrected chi connectivity index (χ1v) is 12.2. The predicted molar refractivity (Wildman–Crippen MR) is 134 cm³/mol. The summed E-state index contributed by atoms with van der Waals surface area (Å²) in [6.45, 7) is 2.65. The average molecular weight is 545 g/mol. The van der Waals surface area contributed by atoms with Gasteiger partial charge in [-0.2, -0.15) is 0 Å². The number of hydrogen-bond acceptors (Lipinski definition) is 2. The van der Waals surface area contributed by atoms with E-state index in [1.165, 1.54) is 9.13 Å². The lowest BCUT2D eigenvalue weighted by molar-refractivity contribution is -0.135. The van der Waals surface area contributed by atoms with Crippen LogP contribution in [0, 0.1) is 9.49 Å². The molecule has 1 aromatic heterocycles. The summed E-state index contributed by atoms with van der Waals surface area (Å²) in [7, 11) is 0. The monoisotopic (exact) mass is 544 g/mol. The standard InChI is InChI=1S/C26H26ClIN2O/c1-18(19-9-13-23(28)14-10-19)16-25(31)30(17-24-4-2-3-15-29-24)26(20-5-6-20)21-7-11-22(27)12-8-21/h2-4,7-15,18,20,26H,5-6,16-17H2,1H3/t18-,26?/m1/s1.